The summed E-state index contributed by atoms with van der Waals surface area (Å²) in [5, 5.41) is 13.2. The number of rotatable bonds is 6. The smallest absolute Gasteiger partial charge is 0.265 e. The number of carbonyl (C=O) groups excluding carboxylic acids is 1. The summed E-state index contributed by atoms with van der Waals surface area (Å²) in [5.74, 6) is -0.929. The molecular formula is C20H20N4O5S2. The summed E-state index contributed by atoms with van der Waals surface area (Å²) in [6, 6.07) is 14.1. The van der Waals surface area contributed by atoms with E-state index >= 15 is 0 Å². The summed E-state index contributed by atoms with van der Waals surface area (Å²) in [6.07, 6.45) is 3.04. The van der Waals surface area contributed by atoms with Gasteiger partial charge in [-0.2, -0.15) is 5.10 Å². The van der Waals surface area contributed by atoms with Gasteiger partial charge in [0.1, 0.15) is 12.7 Å². The first-order valence-electron chi connectivity index (χ1n) is 9.46. The Hall–Kier alpha value is -2.73. The van der Waals surface area contributed by atoms with Crippen molar-refractivity contribution in [3.05, 3.63) is 61.2 Å². The van der Waals surface area contributed by atoms with Crippen LogP contribution in [-0.4, -0.2) is 52.3 Å². The van der Waals surface area contributed by atoms with Crippen molar-refractivity contribution in [2.75, 3.05) is 13.2 Å². The predicted octanol–water partition coefficient (Wildman–Crippen LogP) is 2.25. The molecule has 162 valence electrons. The second-order valence-electron chi connectivity index (χ2n) is 6.96. The van der Waals surface area contributed by atoms with Crippen LogP contribution in [0.5, 0.6) is 0 Å². The average molecular weight is 461 g/mol. The molecular weight excluding hydrogens is 440 g/mol. The molecule has 0 radical (unpaired) electrons. The van der Waals surface area contributed by atoms with Crippen LogP contribution in [-0.2, 0) is 19.4 Å². The Bertz CT molecular complexity index is 1140. The highest BCUT2D eigenvalue weighted by atomic mass is 32.2. The number of nitrogens with one attached hydrogen (secondary N) is 1. The topological polar surface area (TPSA) is 123 Å². The average Bonchev–Trinajstić information content (AvgIpc) is 3.35. The molecule has 0 bridgehead atoms. The Kier molecular flexibility index (Phi) is 6.10. The monoisotopic (exact) mass is 460 g/mol. The molecule has 1 fully saturated rings. The fraction of sp³-hybridized carbons (Fsp3) is 0.250. The van der Waals surface area contributed by atoms with Crippen molar-refractivity contribution in [1.29, 1.82) is 0 Å². The number of ether oxygens (including phenoxy) is 1. The Morgan fingerprint density at radius 3 is 2.23 bits per heavy atom. The fourth-order valence-corrected chi connectivity index (χ4v) is 6.23. The number of nitrogens with zero attached hydrogens (tertiary/aromatic N) is 3. The largest absolute Gasteiger partial charge is 0.381 e. The number of amides is 1. The van der Waals surface area contributed by atoms with Gasteiger partial charge in [-0.25, -0.2) is 23.6 Å². The van der Waals surface area contributed by atoms with Crippen molar-refractivity contribution < 1.29 is 23.2 Å². The number of hydrogen-bond acceptors (Lipinski definition) is 8. The maximum Gasteiger partial charge on any atom is 0.265 e. The van der Waals surface area contributed by atoms with Gasteiger partial charge in [0.25, 0.3) is 5.91 Å². The Labute approximate surface area is 183 Å². The van der Waals surface area contributed by atoms with Crippen LogP contribution in [0.3, 0.4) is 0 Å². The predicted molar refractivity (Wildman–Crippen MR) is 112 cm³/mol. The quantitative estimate of drug-likeness (QED) is 0.424. The number of hydroxylamine groups is 1. The van der Waals surface area contributed by atoms with Crippen LogP contribution in [0.2, 0.25) is 0 Å². The molecule has 2 heterocycles. The first kappa shape index (κ1) is 21.5. The lowest BCUT2D eigenvalue weighted by atomic mass is 9.98. The molecule has 1 aromatic heterocycles. The minimum atomic E-state index is -4.03. The molecule has 2 aromatic carbocycles. The van der Waals surface area contributed by atoms with E-state index in [0.717, 1.165) is 15.5 Å². The van der Waals surface area contributed by atoms with Gasteiger partial charge in [0, 0.05) is 23.0 Å². The number of aromatic nitrogens is 3. The summed E-state index contributed by atoms with van der Waals surface area (Å²) < 4.78 is 31.7. The summed E-state index contributed by atoms with van der Waals surface area (Å²) in [6.45, 7) is 0.260. The first-order chi connectivity index (χ1) is 15.0. The summed E-state index contributed by atoms with van der Waals surface area (Å²) >= 11 is 1.48. The van der Waals surface area contributed by atoms with Crippen LogP contribution in [0.15, 0.2) is 75.9 Å². The highest BCUT2D eigenvalue weighted by Gasteiger charge is 2.52. The lowest BCUT2D eigenvalue weighted by Crippen LogP contribution is -2.54. The molecule has 1 saturated heterocycles. The van der Waals surface area contributed by atoms with E-state index in [1.54, 1.807) is 23.1 Å². The minimum Gasteiger partial charge on any atom is -0.381 e. The van der Waals surface area contributed by atoms with Gasteiger partial charge in [0.2, 0.25) is 0 Å². The number of hydrogen-bond donors (Lipinski definition) is 2. The zero-order valence-electron chi connectivity index (χ0n) is 16.3. The Morgan fingerprint density at radius 1 is 1.06 bits per heavy atom. The third-order valence-electron chi connectivity index (χ3n) is 5.22. The van der Waals surface area contributed by atoms with Gasteiger partial charge in [-0.3, -0.25) is 10.0 Å². The van der Waals surface area contributed by atoms with Gasteiger partial charge in [0.15, 0.2) is 14.6 Å². The lowest BCUT2D eigenvalue weighted by molar-refractivity contribution is -0.134. The van der Waals surface area contributed by atoms with E-state index in [4.69, 9.17) is 9.94 Å². The number of carbonyl (C=O) groups is 1. The Morgan fingerprint density at radius 2 is 1.68 bits per heavy atom. The molecule has 11 heteroatoms. The number of benzene rings is 2. The second-order valence-corrected chi connectivity index (χ2v) is 10.4. The molecule has 9 nitrogen and oxygen atoms in total. The molecule has 0 saturated carbocycles. The molecule has 31 heavy (non-hydrogen) atoms. The van der Waals surface area contributed by atoms with Crippen LogP contribution in [0, 0.1) is 0 Å². The van der Waals surface area contributed by atoms with E-state index in [2.05, 4.69) is 10.1 Å². The molecule has 1 aliphatic rings. The van der Waals surface area contributed by atoms with Crippen molar-refractivity contribution in [1.82, 2.24) is 20.2 Å². The van der Waals surface area contributed by atoms with E-state index in [0.29, 0.717) is 0 Å². The van der Waals surface area contributed by atoms with E-state index in [9.17, 15) is 13.2 Å². The van der Waals surface area contributed by atoms with E-state index < -0.39 is 20.5 Å². The normalized spacial score (nSPS) is 16.0. The maximum atomic E-state index is 13.3. The molecule has 2 N–H and O–H groups in total. The van der Waals surface area contributed by atoms with Gasteiger partial charge in [-0.15, -0.1) is 0 Å². The van der Waals surface area contributed by atoms with Crippen LogP contribution in [0.1, 0.15) is 12.8 Å². The fourth-order valence-electron chi connectivity index (χ4n) is 3.48. The second kappa shape index (κ2) is 8.79. The molecule has 0 unspecified atom stereocenters. The van der Waals surface area contributed by atoms with Crippen molar-refractivity contribution in [2.24, 2.45) is 0 Å². The zero-order valence-corrected chi connectivity index (χ0v) is 18.0. The van der Waals surface area contributed by atoms with Gasteiger partial charge in [-0.1, -0.05) is 11.8 Å². The molecule has 1 amide bonds. The third-order valence-corrected chi connectivity index (χ3v) is 8.75. The van der Waals surface area contributed by atoms with Crippen molar-refractivity contribution >= 4 is 27.5 Å². The number of sulfone groups is 1. The van der Waals surface area contributed by atoms with Crippen molar-refractivity contribution in [3.8, 4) is 5.69 Å². The standard InChI is InChI=1S/C20H20N4O5S2/c25-19(23-26)20(9-11-29-12-10-20)31(27,28)18-7-5-17(6-8-18)30-16-3-1-15(2-4-16)24-14-21-13-22-24/h1-8,13-14,26H,9-12H2,(H,23,25). The third kappa shape index (κ3) is 4.09. The van der Waals surface area contributed by atoms with Crippen LogP contribution < -0.4 is 5.48 Å². The molecule has 0 spiro atoms. The van der Waals surface area contributed by atoms with Crippen molar-refractivity contribution in [3.63, 3.8) is 0 Å². The maximum absolute atomic E-state index is 13.3. The van der Waals surface area contributed by atoms with Crippen LogP contribution in [0.25, 0.3) is 5.69 Å². The molecule has 0 atom stereocenters. The van der Waals surface area contributed by atoms with E-state index in [-0.39, 0.29) is 31.0 Å². The Balaban J connectivity index is 1.54. The first-order valence-corrected chi connectivity index (χ1v) is 11.8. The van der Waals surface area contributed by atoms with E-state index in [1.807, 2.05) is 24.3 Å². The molecule has 3 aromatic rings. The summed E-state index contributed by atoms with van der Waals surface area (Å²) in [5.41, 5.74) is 2.40. The molecule has 4 rings (SSSR count). The molecule has 1 aliphatic heterocycles. The minimum absolute atomic E-state index is 0.0175. The highest BCUT2D eigenvalue weighted by Crippen LogP contribution is 2.36. The van der Waals surface area contributed by atoms with Crippen LogP contribution >= 0.6 is 11.8 Å². The van der Waals surface area contributed by atoms with Gasteiger partial charge in [-0.05, 0) is 61.4 Å². The van der Waals surface area contributed by atoms with Gasteiger partial charge < -0.3 is 4.74 Å². The lowest BCUT2D eigenvalue weighted by Gasteiger charge is -2.34. The van der Waals surface area contributed by atoms with Crippen LogP contribution in [0.4, 0.5) is 0 Å². The summed E-state index contributed by atoms with van der Waals surface area (Å²) in [4.78, 5) is 18.1. The van der Waals surface area contributed by atoms with Gasteiger partial charge >= 0.3 is 0 Å². The van der Waals surface area contributed by atoms with E-state index in [1.165, 1.54) is 35.7 Å². The highest BCUT2D eigenvalue weighted by molar-refractivity contribution is 7.99. The SMILES string of the molecule is O=C(NO)C1(S(=O)(=O)c2ccc(Sc3ccc(-n4cncn4)cc3)cc2)CCOCC1. The zero-order chi connectivity index (χ0) is 21.9. The van der Waals surface area contributed by atoms with Gasteiger partial charge in [0.05, 0.1) is 10.6 Å². The molecule has 0 aliphatic carbocycles. The van der Waals surface area contributed by atoms with Crippen molar-refractivity contribution in [2.45, 2.75) is 32.3 Å². The summed E-state index contributed by atoms with van der Waals surface area (Å²) in [7, 11) is -4.03.